The van der Waals surface area contributed by atoms with Crippen LogP contribution in [-0.2, 0) is 105 Å². The Labute approximate surface area is 797 Å². The van der Waals surface area contributed by atoms with E-state index in [9.17, 15) is 48.3 Å². The second-order valence-corrected chi connectivity index (χ2v) is 44.0. The van der Waals surface area contributed by atoms with Crippen molar-refractivity contribution in [3.8, 4) is 22.3 Å². The third-order valence-electron chi connectivity index (χ3n) is 23.4. The quantitative estimate of drug-likeness (QED) is 0.0229. The molecule has 0 spiro atoms. The summed E-state index contributed by atoms with van der Waals surface area (Å²) in [6.07, 6.45) is -5.44. The number of fused-ring (bicyclic) bond motifs is 6. The van der Waals surface area contributed by atoms with Crippen LogP contribution in [0.15, 0.2) is 218 Å². The molecule has 34 nitrogen and oxygen atoms in total. The number of hydrogen-bond donors (Lipinski definition) is 13. The molecular formula is C98H112N14O20P2S2. The largest absolute Gasteiger partial charge is 0.481 e. The van der Waals surface area contributed by atoms with Gasteiger partial charge >= 0.3 is 18.2 Å². The van der Waals surface area contributed by atoms with Gasteiger partial charge in [-0.2, -0.15) is 0 Å². The van der Waals surface area contributed by atoms with E-state index in [1.165, 1.54) is 76.2 Å². The van der Waals surface area contributed by atoms with Gasteiger partial charge in [0.15, 0.2) is 0 Å². The van der Waals surface area contributed by atoms with Crippen molar-refractivity contribution < 1.29 is 96.1 Å². The zero-order chi connectivity index (χ0) is 99.6. The molecule has 2 aliphatic rings. The molecule has 716 valence electrons. The van der Waals surface area contributed by atoms with Crippen LogP contribution >= 0.6 is 12.1 Å². The zero-order valence-corrected chi connectivity index (χ0v) is 80.6. The average Bonchev–Trinajstić information content (AvgIpc) is 1.37. The predicted octanol–water partition coefficient (Wildman–Crippen LogP) is 4.83. The van der Waals surface area contributed by atoms with E-state index in [4.69, 9.17) is 38.8 Å². The highest BCUT2D eigenvalue weighted by Crippen LogP contribution is 2.49. The number of ether oxygens (including phenoxy) is 2. The molecule has 10 rings (SSSR count). The van der Waals surface area contributed by atoms with Gasteiger partial charge in [-0.25, -0.2) is 19.4 Å². The van der Waals surface area contributed by atoms with Crippen molar-refractivity contribution in [3.05, 3.63) is 241 Å². The highest BCUT2D eigenvalue weighted by molar-refractivity contribution is 8.22. The molecular weight excluding hydrogens is 1820 g/mol. The van der Waals surface area contributed by atoms with Crippen LogP contribution in [0.2, 0.25) is 0 Å². The van der Waals surface area contributed by atoms with Crippen molar-refractivity contribution in [3.63, 3.8) is 0 Å². The molecule has 11 atom stereocenters. The van der Waals surface area contributed by atoms with Crippen molar-refractivity contribution in [2.24, 2.45) is 5.73 Å². The average molecular weight is 1930 g/mol. The summed E-state index contributed by atoms with van der Waals surface area (Å²) in [7, 11) is 0. The Bertz CT molecular complexity index is 5820. The van der Waals surface area contributed by atoms with Crippen LogP contribution in [0.4, 0.5) is 9.59 Å². The van der Waals surface area contributed by atoms with E-state index in [2.05, 4.69) is 58.5 Å². The Morgan fingerprint density at radius 1 is 0.353 bits per heavy atom. The van der Waals surface area contributed by atoms with Gasteiger partial charge in [0.2, 0.25) is 70.9 Å². The minimum absolute atomic E-state index is 0.427. The molecule has 0 saturated heterocycles. The van der Waals surface area contributed by atoms with Gasteiger partial charge in [0.05, 0.1) is 6.42 Å². The molecule has 0 unspecified atom stereocenters. The van der Waals surface area contributed by atoms with Crippen LogP contribution in [0.25, 0.3) is 22.3 Å². The number of aliphatic carboxylic acids is 1. The van der Waals surface area contributed by atoms with Crippen molar-refractivity contribution in [1.29, 1.82) is 0 Å². The number of benzene rings is 8. The van der Waals surface area contributed by atoms with Gasteiger partial charge in [0.25, 0.3) is 11.8 Å². The summed E-state index contributed by atoms with van der Waals surface area (Å²) in [5, 5.41) is 39.9. The fourth-order valence-electron chi connectivity index (χ4n) is 15.7. The summed E-state index contributed by atoms with van der Waals surface area (Å²) >= 11 is 13.5. The number of carbonyl (C=O) groups excluding carboxylic acids is 16. The molecule has 0 saturated carbocycles. The first-order valence-corrected chi connectivity index (χ1v) is 49.9. The van der Waals surface area contributed by atoms with Crippen LogP contribution in [0.1, 0.15) is 131 Å². The number of nitrogens with one attached hydrogen (secondary N) is 11. The standard InChI is InChI=1S/C98H112N14O20P2S2/c1-55(82(99)116)106-93(127)97(10,11)109-87(121)60(6)102-84(118)58(4)104-89(123)79(53-133(135,64-34-18-14-19-35-64)65-36-20-15-21-37-65)111(95(129)131-51-76-72-46-30-26-42-68(72)69-43-27-31-47-73(69)76)91(125)61(7)105-85(119)57(3)103-88(122)78(50-81(114)115)108-90(124)80(54-134(136,66-38-22-16-23-39-66)67-40-24-17-25-41-67)112(96(130)132-52-77-74-48-32-28-44-70(74)71-45-29-33-49-75(71)77)92(126)62(8)107-94(128)98(12,13)110-86(120)59(5)101-83(117)56(2)100-63(9)113/h14-49,55-62,76-80H,50-54H2,1-13H3,(H2,99,116)(H,100,113)(H,101,117)(H,102,118)(H,103,122)(H,104,123)(H,105,119)(H,106,127)(H,107,128)(H,108,124)(H,109,121)(H,110,120)(H,114,115)/t55-,56-,57-,58-,59-,60-,61-,62-,78-,79-,80+/m0/s1. The van der Waals surface area contributed by atoms with Crippen molar-refractivity contribution >= 4 is 158 Å². The van der Waals surface area contributed by atoms with Gasteiger partial charge in [-0.1, -0.05) is 242 Å². The lowest BCUT2D eigenvalue weighted by atomic mass is 9.98. The number of carbonyl (C=O) groups is 17. The summed E-state index contributed by atoms with van der Waals surface area (Å²) in [5.74, 6) is -17.6. The third-order valence-corrected chi connectivity index (χ3v) is 33.1. The lowest BCUT2D eigenvalue weighted by Crippen LogP contribution is -2.64. The van der Waals surface area contributed by atoms with Gasteiger partial charge in [0.1, 0.15) is 90.8 Å². The number of rotatable bonds is 40. The Morgan fingerprint density at radius 3 is 0.934 bits per heavy atom. The normalized spacial score (nSPS) is 14.6. The third kappa shape index (κ3) is 25.2. The Kier molecular flexibility index (Phi) is 34.8. The maximum atomic E-state index is 16.2. The van der Waals surface area contributed by atoms with Crippen molar-refractivity contribution in [2.75, 3.05) is 25.5 Å². The molecule has 0 bridgehead atoms. The molecule has 136 heavy (non-hydrogen) atoms. The molecule has 0 radical (unpaired) electrons. The van der Waals surface area contributed by atoms with Crippen LogP contribution in [0.3, 0.4) is 0 Å². The van der Waals surface area contributed by atoms with Gasteiger partial charge in [-0.05, 0) is 149 Å². The molecule has 0 aromatic heterocycles. The van der Waals surface area contributed by atoms with E-state index in [0.717, 1.165) is 58.4 Å². The first kappa shape index (κ1) is 104. The molecule has 8 aromatic rings. The SMILES string of the molecule is CC(=O)N[C@@H](C)C(=O)N[C@@H](C)C(=O)NC(C)(C)C(=O)N[C@@H](C)C(=O)N(C(=O)OCC1c2ccccc2-c2ccccc21)[C@H](CP(=S)(c1ccccc1)c1ccccc1)C(=O)N[C@@H](CC(=O)O)C(=O)N[C@@H](C)C(=O)N[C@@H](C)C(=O)N(C(=O)OCC1c2ccccc2-c2ccccc21)[C@@H](CP(=S)(c1ccccc1)c1ccccc1)C(=O)N[C@@H](C)C(=O)N[C@@H](C)C(=O)NC(C)(C)C(=O)N[C@@H](C)C(N)=O. The smallest absolute Gasteiger partial charge is 0.417 e. The van der Waals surface area contributed by atoms with E-state index in [1.807, 2.05) is 72.8 Å². The van der Waals surface area contributed by atoms with E-state index in [0.29, 0.717) is 31.0 Å². The van der Waals surface area contributed by atoms with Crippen molar-refractivity contribution in [2.45, 2.75) is 186 Å². The fraction of sp³-hybridized carbons (Fsp3) is 0.337. The number of amides is 16. The van der Waals surface area contributed by atoms with E-state index >= 15 is 38.4 Å². The minimum atomic E-state index is -3.63. The Hall–Kier alpha value is -14.0. The fourth-order valence-corrected chi connectivity index (χ4v) is 23.7. The van der Waals surface area contributed by atoms with Gasteiger partial charge in [0, 0.05) is 43.2 Å². The highest BCUT2D eigenvalue weighted by atomic mass is 32.4. The predicted molar refractivity (Wildman–Crippen MR) is 518 cm³/mol. The Balaban J connectivity index is 0.992. The van der Waals surface area contributed by atoms with Gasteiger partial charge in [-0.15, -0.1) is 0 Å². The van der Waals surface area contributed by atoms with Gasteiger partial charge < -0.3 is 78.8 Å². The molecule has 38 heteroatoms. The summed E-state index contributed by atoms with van der Waals surface area (Å²) in [6, 6.07) is 37.3. The molecule has 0 fully saturated rings. The molecule has 0 aliphatic heterocycles. The zero-order valence-electron chi connectivity index (χ0n) is 77.2. The number of carboxylic acid groups (broad SMARTS) is 1. The van der Waals surface area contributed by atoms with Crippen LogP contribution in [-0.4, -0.2) is 219 Å². The minimum Gasteiger partial charge on any atom is -0.481 e. The number of carboxylic acids is 1. The number of primary amides is 1. The first-order chi connectivity index (χ1) is 64.3. The van der Waals surface area contributed by atoms with Crippen molar-refractivity contribution in [1.82, 2.24) is 68.3 Å². The molecule has 2 aliphatic carbocycles. The van der Waals surface area contributed by atoms with E-state index in [1.54, 1.807) is 146 Å². The maximum Gasteiger partial charge on any atom is 0.417 e. The molecule has 14 N–H and O–H groups in total. The second kappa shape index (κ2) is 45.4. The summed E-state index contributed by atoms with van der Waals surface area (Å²) in [6.45, 7) is 15.5. The number of nitrogens with zero attached hydrogens (tertiary/aromatic N) is 2. The second-order valence-electron chi connectivity index (χ2n) is 34.5. The first-order valence-electron chi connectivity index (χ1n) is 43.9. The number of imide groups is 2. The van der Waals surface area contributed by atoms with Crippen LogP contribution in [0.5, 0.6) is 0 Å². The Morgan fingerprint density at radius 2 is 0.618 bits per heavy atom. The number of nitrogens with two attached hydrogens (primary N) is 1. The topological polar surface area (TPSA) is 494 Å². The van der Waals surface area contributed by atoms with E-state index in [-0.39, 0.29) is 0 Å². The molecule has 0 heterocycles. The van der Waals surface area contributed by atoms with E-state index < -0.39 is 234 Å². The number of hydrogen-bond acceptors (Lipinski definition) is 21. The summed E-state index contributed by atoms with van der Waals surface area (Å²) < 4.78 is 12.5. The molecule has 16 amide bonds. The van der Waals surface area contributed by atoms with Crippen LogP contribution in [0, 0.1) is 0 Å². The lowest BCUT2D eigenvalue weighted by Gasteiger charge is -2.36. The van der Waals surface area contributed by atoms with Crippen LogP contribution < -0.4 is 85.4 Å². The monoisotopic (exact) mass is 1930 g/mol. The summed E-state index contributed by atoms with van der Waals surface area (Å²) in [5.41, 5.74) is 7.93. The maximum absolute atomic E-state index is 16.2. The highest BCUT2D eigenvalue weighted by Gasteiger charge is 2.48. The molecule has 8 aromatic carbocycles. The lowest BCUT2D eigenvalue weighted by molar-refractivity contribution is -0.144. The van der Waals surface area contributed by atoms with Gasteiger partial charge in [-0.3, -0.25) is 71.9 Å². The summed E-state index contributed by atoms with van der Waals surface area (Å²) in [4.78, 5) is 247.